The van der Waals surface area contributed by atoms with Crippen molar-refractivity contribution in [1.29, 1.82) is 0 Å². The molecule has 2 aromatic carbocycles. The van der Waals surface area contributed by atoms with Crippen molar-refractivity contribution in [3.8, 4) is 11.5 Å². The van der Waals surface area contributed by atoms with Gasteiger partial charge in [0.05, 0.1) is 25.8 Å². The van der Waals surface area contributed by atoms with Crippen LogP contribution >= 0.6 is 0 Å². The zero-order chi connectivity index (χ0) is 19.0. The molecule has 1 N–H and O–H groups in total. The summed E-state index contributed by atoms with van der Waals surface area (Å²) in [5.41, 5.74) is 1.33. The van der Waals surface area contributed by atoms with Crippen LogP contribution < -0.4 is 14.8 Å². The molecule has 27 heavy (non-hydrogen) atoms. The molecule has 3 atom stereocenters. The average molecular weight is 370 g/mol. The van der Waals surface area contributed by atoms with E-state index in [9.17, 15) is 9.18 Å². The van der Waals surface area contributed by atoms with Gasteiger partial charge in [-0.1, -0.05) is 12.1 Å². The first-order chi connectivity index (χ1) is 13.1. The number of nitrogens with zero attached hydrogens (tertiary/aromatic N) is 1. The zero-order valence-corrected chi connectivity index (χ0v) is 15.4. The lowest BCUT2D eigenvalue weighted by Gasteiger charge is -2.29. The summed E-state index contributed by atoms with van der Waals surface area (Å²) in [6.07, 6.45) is 0. The number of methoxy groups -OCH3 is 2. The third-order valence-electron chi connectivity index (χ3n) is 5.65. The van der Waals surface area contributed by atoms with Crippen molar-refractivity contribution < 1.29 is 18.7 Å². The van der Waals surface area contributed by atoms with Gasteiger partial charge in [0.2, 0.25) is 0 Å². The number of likely N-dealkylation sites (tertiary alicyclic amines) is 1. The minimum atomic E-state index is -0.281. The van der Waals surface area contributed by atoms with Gasteiger partial charge < -0.3 is 19.7 Å². The molecule has 0 aromatic heterocycles. The van der Waals surface area contributed by atoms with E-state index in [0.29, 0.717) is 29.5 Å². The molecule has 0 spiro atoms. The number of carbonyl (C=O) groups is 1. The maximum absolute atomic E-state index is 13.9. The highest BCUT2D eigenvalue weighted by Crippen LogP contribution is 2.44. The Morgan fingerprint density at radius 2 is 2.00 bits per heavy atom. The number of amides is 1. The van der Waals surface area contributed by atoms with Gasteiger partial charge in [-0.15, -0.1) is 0 Å². The Labute approximate surface area is 158 Å². The number of fused-ring (bicyclic) bond motifs is 1. The lowest BCUT2D eigenvalue weighted by molar-refractivity contribution is 0.0710. The summed E-state index contributed by atoms with van der Waals surface area (Å²) < 4.78 is 24.5. The van der Waals surface area contributed by atoms with E-state index in [0.717, 1.165) is 18.7 Å². The van der Waals surface area contributed by atoms with Crippen LogP contribution in [0.2, 0.25) is 0 Å². The van der Waals surface area contributed by atoms with Crippen molar-refractivity contribution in [3.05, 3.63) is 59.4 Å². The molecule has 0 unspecified atom stereocenters. The fraction of sp³-hybridized carbons (Fsp3) is 0.381. The molecule has 1 amide bonds. The first-order valence-electron chi connectivity index (χ1n) is 9.11. The SMILES string of the molecule is COc1ccc(C(=O)N2C[C@@H]3CNC[C@@H]3[C@H]2c2cccc(F)c2)c(OC)c1. The van der Waals surface area contributed by atoms with Crippen LogP contribution in [-0.2, 0) is 0 Å². The molecule has 2 saturated heterocycles. The summed E-state index contributed by atoms with van der Waals surface area (Å²) in [5.74, 6) is 1.38. The van der Waals surface area contributed by atoms with E-state index < -0.39 is 0 Å². The summed E-state index contributed by atoms with van der Waals surface area (Å²) in [6, 6.07) is 11.6. The number of rotatable bonds is 4. The Balaban J connectivity index is 1.72. The van der Waals surface area contributed by atoms with Gasteiger partial charge in [0.25, 0.3) is 5.91 Å². The lowest BCUT2D eigenvalue weighted by Crippen LogP contribution is -2.35. The van der Waals surface area contributed by atoms with Gasteiger partial charge in [0, 0.05) is 31.6 Å². The molecule has 0 saturated carbocycles. The fourth-order valence-corrected chi connectivity index (χ4v) is 4.38. The second-order valence-electron chi connectivity index (χ2n) is 7.11. The van der Waals surface area contributed by atoms with E-state index in [-0.39, 0.29) is 23.7 Å². The third-order valence-corrected chi connectivity index (χ3v) is 5.65. The molecule has 4 rings (SSSR count). The van der Waals surface area contributed by atoms with Gasteiger partial charge in [-0.3, -0.25) is 4.79 Å². The maximum atomic E-state index is 13.9. The van der Waals surface area contributed by atoms with Crippen molar-refractivity contribution in [2.45, 2.75) is 6.04 Å². The summed E-state index contributed by atoms with van der Waals surface area (Å²) in [5, 5.41) is 3.40. The molecule has 0 radical (unpaired) electrons. The van der Waals surface area contributed by atoms with Crippen LogP contribution in [0.15, 0.2) is 42.5 Å². The smallest absolute Gasteiger partial charge is 0.258 e. The molecule has 0 bridgehead atoms. The molecule has 2 aromatic rings. The Bertz CT molecular complexity index is 857. The maximum Gasteiger partial charge on any atom is 0.258 e. The van der Waals surface area contributed by atoms with E-state index in [2.05, 4.69) is 5.32 Å². The quantitative estimate of drug-likeness (QED) is 0.899. The van der Waals surface area contributed by atoms with Gasteiger partial charge in [0.15, 0.2) is 0 Å². The van der Waals surface area contributed by atoms with Crippen LogP contribution in [-0.4, -0.2) is 44.7 Å². The Hall–Kier alpha value is -2.60. The van der Waals surface area contributed by atoms with Crippen molar-refractivity contribution >= 4 is 5.91 Å². The molecule has 2 fully saturated rings. The van der Waals surface area contributed by atoms with Crippen LogP contribution in [0.5, 0.6) is 11.5 Å². The monoisotopic (exact) mass is 370 g/mol. The summed E-state index contributed by atoms with van der Waals surface area (Å²) in [6.45, 7) is 2.35. The highest BCUT2D eigenvalue weighted by molar-refractivity contribution is 5.97. The topological polar surface area (TPSA) is 50.8 Å². The van der Waals surface area contributed by atoms with Crippen molar-refractivity contribution in [1.82, 2.24) is 10.2 Å². The molecule has 2 heterocycles. The van der Waals surface area contributed by atoms with Crippen molar-refractivity contribution in [3.63, 3.8) is 0 Å². The molecular weight excluding hydrogens is 347 g/mol. The standard InChI is InChI=1S/C21H23FN2O3/c1-26-16-6-7-17(19(9-16)27-2)21(25)24-12-14-10-23-11-18(14)20(24)13-4-3-5-15(22)8-13/h3-9,14,18,20,23H,10-12H2,1-2H3/t14-,18-,20+/m0/s1. The fourth-order valence-electron chi connectivity index (χ4n) is 4.38. The lowest BCUT2D eigenvalue weighted by atomic mass is 9.89. The summed E-state index contributed by atoms with van der Waals surface area (Å²) in [4.78, 5) is 15.3. The van der Waals surface area contributed by atoms with Gasteiger partial charge >= 0.3 is 0 Å². The highest BCUT2D eigenvalue weighted by Gasteiger charge is 2.47. The molecule has 2 aliphatic rings. The first-order valence-corrected chi connectivity index (χ1v) is 9.11. The number of halogens is 1. The van der Waals surface area contributed by atoms with E-state index in [1.165, 1.54) is 19.2 Å². The van der Waals surface area contributed by atoms with Gasteiger partial charge in [-0.05, 0) is 35.7 Å². The second kappa shape index (κ2) is 7.19. The second-order valence-corrected chi connectivity index (χ2v) is 7.11. The minimum absolute atomic E-state index is 0.0989. The molecule has 142 valence electrons. The van der Waals surface area contributed by atoms with E-state index in [1.54, 1.807) is 31.4 Å². The molecule has 2 aliphatic heterocycles. The van der Waals surface area contributed by atoms with Crippen LogP contribution in [0.3, 0.4) is 0 Å². The number of carbonyl (C=O) groups excluding carboxylic acids is 1. The number of hydrogen-bond donors (Lipinski definition) is 1. The normalized spacial score (nSPS) is 24.0. The number of nitrogens with one attached hydrogen (secondary N) is 1. The zero-order valence-electron chi connectivity index (χ0n) is 15.4. The highest BCUT2D eigenvalue weighted by atomic mass is 19.1. The number of ether oxygens (including phenoxy) is 2. The average Bonchev–Trinajstić information content (AvgIpc) is 3.27. The molecular formula is C21H23FN2O3. The van der Waals surface area contributed by atoms with Crippen molar-refractivity contribution in [2.75, 3.05) is 33.9 Å². The first kappa shape index (κ1) is 17.8. The Morgan fingerprint density at radius 3 is 2.74 bits per heavy atom. The van der Waals surface area contributed by atoms with Gasteiger partial charge in [-0.25, -0.2) is 4.39 Å². The van der Waals surface area contributed by atoms with Crippen LogP contribution in [0.25, 0.3) is 0 Å². The van der Waals surface area contributed by atoms with E-state index in [1.807, 2.05) is 11.0 Å². The minimum Gasteiger partial charge on any atom is -0.497 e. The predicted molar refractivity (Wildman–Crippen MR) is 99.6 cm³/mol. The predicted octanol–water partition coefficient (Wildman–Crippen LogP) is 2.88. The third kappa shape index (κ3) is 3.14. The molecule has 6 heteroatoms. The van der Waals surface area contributed by atoms with Crippen LogP contribution in [0.4, 0.5) is 4.39 Å². The van der Waals surface area contributed by atoms with Crippen LogP contribution in [0.1, 0.15) is 22.0 Å². The largest absolute Gasteiger partial charge is 0.497 e. The van der Waals surface area contributed by atoms with Crippen molar-refractivity contribution in [2.24, 2.45) is 11.8 Å². The van der Waals surface area contributed by atoms with Gasteiger partial charge in [0.1, 0.15) is 17.3 Å². The van der Waals surface area contributed by atoms with Crippen LogP contribution in [0, 0.1) is 17.7 Å². The molecule has 0 aliphatic carbocycles. The van der Waals surface area contributed by atoms with Gasteiger partial charge in [-0.2, -0.15) is 0 Å². The number of hydrogen-bond acceptors (Lipinski definition) is 4. The summed E-state index contributed by atoms with van der Waals surface area (Å²) >= 11 is 0. The van der Waals surface area contributed by atoms with E-state index in [4.69, 9.17) is 9.47 Å². The Morgan fingerprint density at radius 1 is 1.15 bits per heavy atom. The van der Waals surface area contributed by atoms with E-state index >= 15 is 0 Å². The number of benzene rings is 2. The summed E-state index contributed by atoms with van der Waals surface area (Å²) in [7, 11) is 3.11. The molecule has 5 nitrogen and oxygen atoms in total. The Kier molecular flexibility index (Phi) is 4.74.